The van der Waals surface area contributed by atoms with E-state index < -0.39 is 0 Å². The summed E-state index contributed by atoms with van der Waals surface area (Å²) in [6.45, 7) is 13.2. The van der Waals surface area contributed by atoms with Gasteiger partial charge in [-0.1, -0.05) is 0 Å². The van der Waals surface area contributed by atoms with Gasteiger partial charge in [0, 0.05) is 52.4 Å². The zero-order valence-electron chi connectivity index (χ0n) is 15.7. The van der Waals surface area contributed by atoms with E-state index in [0.717, 1.165) is 71.6 Å². The minimum absolute atomic E-state index is 0. The van der Waals surface area contributed by atoms with Crippen molar-refractivity contribution in [1.29, 1.82) is 0 Å². The van der Waals surface area contributed by atoms with Crippen LogP contribution in [0.25, 0.3) is 0 Å². The number of nitrogens with zero attached hydrogens (tertiary/aromatic N) is 3. The number of halogens is 1. The van der Waals surface area contributed by atoms with Crippen LogP contribution in [0.15, 0.2) is 4.99 Å². The summed E-state index contributed by atoms with van der Waals surface area (Å²) >= 11 is 0. The van der Waals surface area contributed by atoms with Crippen LogP contribution in [0.2, 0.25) is 0 Å². The van der Waals surface area contributed by atoms with Gasteiger partial charge in [-0.15, -0.1) is 24.0 Å². The summed E-state index contributed by atoms with van der Waals surface area (Å²) in [5.74, 6) is 0.896. The summed E-state index contributed by atoms with van der Waals surface area (Å²) in [4.78, 5) is 9.40. The molecule has 0 aliphatic carbocycles. The predicted octanol–water partition coefficient (Wildman–Crippen LogP) is 0.458. The largest absolute Gasteiger partial charge is 0.383 e. The molecule has 1 unspecified atom stereocenters. The monoisotopic (exact) mass is 457 g/mol. The van der Waals surface area contributed by atoms with Gasteiger partial charge in [0.05, 0.1) is 26.4 Å². The number of hydrogen-bond acceptors (Lipinski definition) is 5. The van der Waals surface area contributed by atoms with Crippen molar-refractivity contribution in [3.05, 3.63) is 0 Å². The van der Waals surface area contributed by atoms with Crippen molar-refractivity contribution in [1.82, 2.24) is 20.4 Å². The van der Waals surface area contributed by atoms with Crippen molar-refractivity contribution in [3.8, 4) is 0 Å². The van der Waals surface area contributed by atoms with Crippen LogP contribution >= 0.6 is 24.0 Å². The van der Waals surface area contributed by atoms with Crippen molar-refractivity contribution < 1.29 is 9.47 Å². The van der Waals surface area contributed by atoms with Gasteiger partial charge >= 0.3 is 0 Å². The van der Waals surface area contributed by atoms with Crippen LogP contribution in [0.5, 0.6) is 0 Å². The van der Waals surface area contributed by atoms with Crippen LogP contribution in [0, 0.1) is 0 Å². The van der Waals surface area contributed by atoms with Gasteiger partial charge in [-0.3, -0.25) is 9.89 Å². The van der Waals surface area contributed by atoms with Gasteiger partial charge in [0.25, 0.3) is 0 Å². The van der Waals surface area contributed by atoms with E-state index in [4.69, 9.17) is 14.5 Å². The molecule has 1 rings (SSSR count). The molecule has 1 aliphatic rings. The maximum Gasteiger partial charge on any atom is 0.191 e. The third kappa shape index (κ3) is 10.7. The molecule has 0 aromatic heterocycles. The van der Waals surface area contributed by atoms with E-state index in [2.05, 4.69) is 41.3 Å². The lowest BCUT2D eigenvalue weighted by atomic mass is 10.2. The predicted molar refractivity (Wildman–Crippen MR) is 111 cm³/mol. The fourth-order valence-corrected chi connectivity index (χ4v) is 2.42. The smallest absolute Gasteiger partial charge is 0.191 e. The highest BCUT2D eigenvalue weighted by Crippen LogP contribution is 2.03. The van der Waals surface area contributed by atoms with Crippen molar-refractivity contribution >= 4 is 29.9 Å². The highest BCUT2D eigenvalue weighted by atomic mass is 127. The van der Waals surface area contributed by atoms with E-state index in [9.17, 15) is 0 Å². The van der Waals surface area contributed by atoms with Gasteiger partial charge in [-0.05, 0) is 20.9 Å². The van der Waals surface area contributed by atoms with Crippen molar-refractivity contribution in [2.24, 2.45) is 4.99 Å². The Bertz CT molecular complexity index is 328. The van der Waals surface area contributed by atoms with Gasteiger partial charge in [-0.2, -0.15) is 0 Å². The molecular formula is C16H36IN5O2. The number of hydrogen-bond donors (Lipinski definition) is 2. The van der Waals surface area contributed by atoms with Gasteiger partial charge in [0.2, 0.25) is 0 Å². The Hall–Kier alpha value is -0.160. The van der Waals surface area contributed by atoms with E-state index in [1.165, 1.54) is 0 Å². The second-order valence-electron chi connectivity index (χ2n) is 5.94. The Morgan fingerprint density at radius 3 is 2.62 bits per heavy atom. The zero-order valence-corrected chi connectivity index (χ0v) is 18.0. The van der Waals surface area contributed by atoms with Crippen LogP contribution < -0.4 is 10.6 Å². The summed E-state index contributed by atoms with van der Waals surface area (Å²) in [5.41, 5.74) is 0. The van der Waals surface area contributed by atoms with Crippen LogP contribution in [-0.4, -0.2) is 102 Å². The van der Waals surface area contributed by atoms with E-state index in [1.54, 1.807) is 7.11 Å². The molecule has 0 aromatic carbocycles. The fourth-order valence-electron chi connectivity index (χ4n) is 2.42. The fraction of sp³-hybridized carbons (Fsp3) is 0.938. The molecule has 0 amide bonds. The van der Waals surface area contributed by atoms with Gasteiger partial charge in [0.15, 0.2) is 5.96 Å². The standard InChI is InChI=1S/C16H35N5O2.HI/c1-5-17-16(18-6-7-20(3)8-11-22-4)19-14-15(2)21-9-12-23-13-10-21;/h15H,5-14H2,1-4H3,(H2,17,18,19);1H. The molecule has 1 saturated heterocycles. The Morgan fingerprint density at radius 2 is 2.00 bits per heavy atom. The number of guanidine groups is 1. The average Bonchev–Trinajstić information content (AvgIpc) is 2.58. The quantitative estimate of drug-likeness (QED) is 0.283. The summed E-state index contributed by atoms with van der Waals surface area (Å²) in [7, 11) is 3.84. The van der Waals surface area contributed by atoms with Crippen molar-refractivity contribution in [2.45, 2.75) is 19.9 Å². The summed E-state index contributed by atoms with van der Waals surface area (Å²) in [6, 6.07) is 0.443. The summed E-state index contributed by atoms with van der Waals surface area (Å²) in [5, 5.41) is 6.71. The minimum atomic E-state index is 0. The molecule has 0 radical (unpaired) electrons. The first kappa shape index (κ1) is 23.8. The summed E-state index contributed by atoms with van der Waals surface area (Å²) in [6.07, 6.45) is 0. The molecule has 144 valence electrons. The van der Waals surface area contributed by atoms with Crippen LogP contribution in [0.3, 0.4) is 0 Å². The average molecular weight is 457 g/mol. The molecule has 7 nitrogen and oxygen atoms in total. The van der Waals surface area contributed by atoms with Crippen LogP contribution in [-0.2, 0) is 9.47 Å². The Kier molecular flexibility index (Phi) is 15.0. The Labute approximate surface area is 164 Å². The third-order valence-corrected chi connectivity index (χ3v) is 3.99. The lowest BCUT2D eigenvalue weighted by molar-refractivity contribution is 0.0220. The van der Waals surface area contributed by atoms with E-state index in [0.29, 0.717) is 6.04 Å². The topological polar surface area (TPSA) is 61.4 Å². The first-order chi connectivity index (χ1) is 11.2. The maximum absolute atomic E-state index is 5.40. The zero-order chi connectivity index (χ0) is 16.9. The number of rotatable bonds is 10. The van der Waals surface area contributed by atoms with E-state index in [-0.39, 0.29) is 24.0 Å². The molecule has 0 bridgehead atoms. The molecule has 1 aliphatic heterocycles. The number of morpholine rings is 1. The lowest BCUT2D eigenvalue weighted by Gasteiger charge is -2.31. The summed E-state index contributed by atoms with van der Waals surface area (Å²) < 4.78 is 10.5. The van der Waals surface area contributed by atoms with Crippen LogP contribution in [0.4, 0.5) is 0 Å². The Balaban J connectivity index is 0.00000529. The molecular weight excluding hydrogens is 421 g/mol. The highest BCUT2D eigenvalue weighted by molar-refractivity contribution is 14.0. The molecule has 1 heterocycles. The maximum atomic E-state index is 5.40. The van der Waals surface area contributed by atoms with E-state index >= 15 is 0 Å². The molecule has 0 saturated carbocycles. The molecule has 2 N–H and O–H groups in total. The number of methoxy groups -OCH3 is 1. The van der Waals surface area contributed by atoms with Gasteiger partial charge in [-0.25, -0.2) is 0 Å². The second kappa shape index (κ2) is 15.1. The SMILES string of the molecule is CCNC(=NCC(C)N1CCOCC1)NCCN(C)CCOC.I. The van der Waals surface area contributed by atoms with Crippen LogP contribution in [0.1, 0.15) is 13.8 Å². The highest BCUT2D eigenvalue weighted by Gasteiger charge is 2.16. The van der Waals surface area contributed by atoms with E-state index in [1.807, 2.05) is 0 Å². The minimum Gasteiger partial charge on any atom is -0.383 e. The van der Waals surface area contributed by atoms with Crippen molar-refractivity contribution in [2.75, 3.05) is 79.8 Å². The first-order valence-corrected chi connectivity index (χ1v) is 8.68. The molecule has 0 spiro atoms. The molecule has 1 atom stereocenters. The van der Waals surface area contributed by atoms with Gasteiger partial charge in [0.1, 0.15) is 0 Å². The molecule has 24 heavy (non-hydrogen) atoms. The second-order valence-corrected chi connectivity index (χ2v) is 5.94. The lowest BCUT2D eigenvalue weighted by Crippen LogP contribution is -2.45. The van der Waals surface area contributed by atoms with Gasteiger partial charge < -0.3 is 25.0 Å². The van der Waals surface area contributed by atoms with Crippen molar-refractivity contribution in [3.63, 3.8) is 0 Å². The first-order valence-electron chi connectivity index (χ1n) is 8.68. The number of nitrogens with one attached hydrogen (secondary N) is 2. The molecule has 0 aromatic rings. The Morgan fingerprint density at radius 1 is 1.29 bits per heavy atom. The molecule has 1 fully saturated rings. The molecule has 8 heteroatoms. The number of ether oxygens (including phenoxy) is 2. The third-order valence-electron chi connectivity index (χ3n) is 3.99. The normalized spacial score (nSPS) is 17.5. The number of likely N-dealkylation sites (N-methyl/N-ethyl adjacent to an activating group) is 1. The number of aliphatic imine (C=N–C) groups is 1.